The molecule has 0 spiro atoms. The Kier molecular flexibility index (Phi) is 79.0. The number of hydrogen-bond acceptors (Lipinski definition) is 0. The molecule has 0 heterocycles. The second-order valence-electron chi connectivity index (χ2n) is 0. The third kappa shape index (κ3) is 8.91. The smallest absolute Gasteiger partial charge is 0 e. The van der Waals surface area contributed by atoms with Gasteiger partial charge in [0.2, 0.25) is 0 Å². The van der Waals surface area contributed by atoms with Crippen molar-refractivity contribution in [3.05, 3.63) is 0 Å². The summed E-state index contributed by atoms with van der Waals surface area (Å²) in [5.74, 6) is 0. The van der Waals surface area contributed by atoms with Crippen molar-refractivity contribution >= 4 is 13.7 Å². The molecule has 0 radical (unpaired) electrons. The van der Waals surface area contributed by atoms with Crippen LogP contribution < -0.4 is 0 Å². The molecule has 0 aromatic rings. The zero-order valence-electron chi connectivity index (χ0n) is 1.76. The maximum Gasteiger partial charge on any atom is 0 e. The van der Waals surface area contributed by atoms with Crippen LogP contribution >= 0.6 is 0 Å². The van der Waals surface area contributed by atoms with Crippen molar-refractivity contribution in [1.82, 2.24) is 0 Å². The number of rotatable bonds is 0. The maximum absolute atomic E-state index is 3.44. The van der Waals surface area contributed by atoms with Gasteiger partial charge in [-0.05, 0) is 0 Å². The van der Waals surface area contributed by atoms with E-state index in [-0.39, 0.29) is 36.0 Å². The summed E-state index contributed by atoms with van der Waals surface area (Å²) in [6.45, 7) is 0. The zero-order chi connectivity index (χ0) is 2.00. The van der Waals surface area contributed by atoms with Crippen LogP contribution in [0.5, 0.6) is 0 Å². The first kappa shape index (κ1) is 16.4. The fourth-order valence-corrected chi connectivity index (χ4v) is 0. The van der Waals surface area contributed by atoms with Crippen LogP contribution in [-0.2, 0) is 49.4 Å². The van der Waals surface area contributed by atoms with Crippen LogP contribution in [0.25, 0.3) is 0 Å². The van der Waals surface area contributed by atoms with E-state index in [1.807, 2.05) is 0 Å². The van der Waals surface area contributed by atoms with Crippen molar-refractivity contribution in [3.8, 4) is 0 Å². The summed E-state index contributed by atoms with van der Waals surface area (Å²) in [4.78, 5) is 0. The van der Waals surface area contributed by atoms with E-state index in [1.54, 1.807) is 0 Å². The van der Waals surface area contributed by atoms with Gasteiger partial charge in [0.25, 0.3) is 0 Å². The van der Waals surface area contributed by atoms with Gasteiger partial charge in [0.05, 0.1) is 0 Å². The molecule has 0 aliphatic rings. The van der Waals surface area contributed by atoms with Gasteiger partial charge < -0.3 is 0 Å². The summed E-state index contributed by atoms with van der Waals surface area (Å²) < 4.78 is 0. The van der Waals surface area contributed by atoms with Crippen LogP contribution in [0.1, 0.15) is 0 Å². The van der Waals surface area contributed by atoms with Gasteiger partial charge in [-0.15, -0.1) is 0 Å². The molecule has 0 aliphatic heterocycles. The monoisotopic (exact) mass is 261 g/mol. The van der Waals surface area contributed by atoms with Gasteiger partial charge in [-0.25, -0.2) is 0 Å². The van der Waals surface area contributed by atoms with Crippen molar-refractivity contribution in [2.24, 2.45) is 0 Å². The average Bonchev–Trinajstić information content (AvgIpc) is 1.00. The molecule has 4 heavy (non-hydrogen) atoms. The average molecular weight is 262 g/mol. The Labute approximate surface area is 62.5 Å². The van der Waals surface area contributed by atoms with E-state index in [1.165, 1.54) is 0 Å². The van der Waals surface area contributed by atoms with Crippen molar-refractivity contribution in [3.63, 3.8) is 0 Å². The minimum absolute atomic E-state index is 0. The molecular formula is CoNiSeZn. The van der Waals surface area contributed by atoms with Gasteiger partial charge in [0.1, 0.15) is 0 Å². The van der Waals surface area contributed by atoms with E-state index in [4.69, 9.17) is 0 Å². The first-order valence-corrected chi connectivity index (χ1v) is 2.92. The van der Waals surface area contributed by atoms with Gasteiger partial charge in [-0.3, -0.25) is 0 Å². The fourth-order valence-electron chi connectivity index (χ4n) is 0. The van der Waals surface area contributed by atoms with E-state index in [9.17, 15) is 0 Å². The fraction of sp³-hybridized carbons (Fsp3) is 0. The molecule has 27 valence electrons. The summed E-state index contributed by atoms with van der Waals surface area (Å²) in [6, 6.07) is 0. The molecule has 0 aliphatic carbocycles. The molecule has 0 saturated carbocycles. The third-order valence-corrected chi connectivity index (χ3v) is 0. The molecule has 0 rings (SSSR count). The minimum Gasteiger partial charge on any atom is 0 e. The van der Waals surface area contributed by atoms with Crippen LogP contribution in [0.2, 0.25) is 0 Å². The summed E-state index contributed by atoms with van der Waals surface area (Å²) in [5.41, 5.74) is 0. The summed E-state index contributed by atoms with van der Waals surface area (Å²) in [7, 11) is 0. The Morgan fingerprint density at radius 1 is 1.25 bits per heavy atom. The van der Waals surface area contributed by atoms with Crippen LogP contribution in [0, 0.1) is 0 Å². The zero-order valence-corrected chi connectivity index (χ0v) is 8.47. The van der Waals surface area contributed by atoms with Gasteiger partial charge >= 0.3 is 27.1 Å². The van der Waals surface area contributed by atoms with Crippen LogP contribution in [0.4, 0.5) is 0 Å². The second-order valence-corrected chi connectivity index (χ2v) is 0. The van der Waals surface area contributed by atoms with Gasteiger partial charge in [0, 0.05) is 36.0 Å². The molecule has 0 aromatic heterocycles. The normalized spacial score (nSPS) is 1.25. The molecule has 0 amide bonds. The molecule has 0 bridgehead atoms. The van der Waals surface area contributed by atoms with Gasteiger partial charge in [0.15, 0.2) is 0 Å². The Morgan fingerprint density at radius 3 is 1.25 bits per heavy atom. The van der Waals surface area contributed by atoms with Crippen molar-refractivity contribution in [1.29, 1.82) is 0 Å². The quantitative estimate of drug-likeness (QED) is 0.522. The molecule has 0 unspecified atom stereocenters. The summed E-state index contributed by atoms with van der Waals surface area (Å²) >= 11 is 5.75. The Bertz CT molecular complexity index is 8.00. The largest absolute Gasteiger partial charge is 0 e. The van der Waals surface area contributed by atoms with Crippen LogP contribution in [-0.4, -0.2) is 13.7 Å². The maximum atomic E-state index is 3.44. The first-order valence-electron chi connectivity index (χ1n) is 0.136. The van der Waals surface area contributed by atoms with E-state index < -0.39 is 0 Å². The summed E-state index contributed by atoms with van der Waals surface area (Å²) in [5, 5.41) is 0. The van der Waals surface area contributed by atoms with Gasteiger partial charge in [-0.1, -0.05) is 0 Å². The van der Waals surface area contributed by atoms with Crippen molar-refractivity contribution in [2.75, 3.05) is 0 Å². The topological polar surface area (TPSA) is 0 Å². The summed E-state index contributed by atoms with van der Waals surface area (Å²) in [6.07, 6.45) is 0. The van der Waals surface area contributed by atoms with Crippen molar-refractivity contribution < 1.29 is 49.4 Å². The van der Waals surface area contributed by atoms with Crippen molar-refractivity contribution in [2.45, 2.75) is 0 Å². The third-order valence-electron chi connectivity index (χ3n) is 0. The van der Waals surface area contributed by atoms with Crippen LogP contribution in [0.15, 0.2) is 0 Å². The van der Waals surface area contributed by atoms with Gasteiger partial charge in [-0.2, -0.15) is 0 Å². The molecule has 0 aromatic carbocycles. The second kappa shape index (κ2) is 19.2. The molecule has 4 heteroatoms. The molecule has 0 N–H and O–H groups in total. The number of hydrogen-bond donors (Lipinski definition) is 0. The van der Waals surface area contributed by atoms with E-state index in [2.05, 4.69) is 27.1 Å². The van der Waals surface area contributed by atoms with E-state index in [0.717, 1.165) is 0 Å². The molecule has 0 saturated heterocycles. The standard InChI is InChI=1S/Co.Ni.Se.Zn. The Hall–Kier alpha value is 2.14. The molecule has 0 nitrogen and oxygen atoms in total. The predicted molar refractivity (Wildman–Crippen MR) is 5.75 cm³/mol. The van der Waals surface area contributed by atoms with E-state index in [0.29, 0.717) is 0 Å². The molecule has 0 atom stereocenters. The molecule has 0 fully saturated rings. The van der Waals surface area contributed by atoms with Crippen LogP contribution in [0.3, 0.4) is 0 Å². The Morgan fingerprint density at radius 2 is 1.25 bits per heavy atom. The first-order chi connectivity index (χ1) is 1.00. The SMILES string of the molecule is [Co]=[Se].[Ni].[Zn]. The predicted octanol–water partition coefficient (Wildman–Crippen LogP) is -0.388. The van der Waals surface area contributed by atoms with E-state index >= 15 is 0 Å². The molecular weight excluding hydrogens is 262 g/mol. The Balaban J connectivity index is -0.00000000500. The minimum atomic E-state index is 0.